The van der Waals surface area contributed by atoms with E-state index in [1.807, 2.05) is 45.0 Å². The molecule has 1 amide bonds. The van der Waals surface area contributed by atoms with Gasteiger partial charge in [0.15, 0.2) is 17.1 Å². The number of carbonyl (C=O) groups is 1. The molecule has 0 spiro atoms. The Morgan fingerprint density at radius 3 is 2.64 bits per heavy atom. The van der Waals surface area contributed by atoms with E-state index in [9.17, 15) is 9.59 Å². The summed E-state index contributed by atoms with van der Waals surface area (Å²) in [5.74, 6) is 1.63. The number of rotatable bonds is 5. The van der Waals surface area contributed by atoms with Gasteiger partial charge in [0.25, 0.3) is 5.56 Å². The van der Waals surface area contributed by atoms with E-state index in [1.165, 1.54) is 13.3 Å². The fourth-order valence-electron chi connectivity index (χ4n) is 5.38. The molecule has 3 aromatic heterocycles. The molecule has 0 fully saturated rings. The van der Waals surface area contributed by atoms with Crippen molar-refractivity contribution in [2.75, 3.05) is 20.3 Å². The highest BCUT2D eigenvalue weighted by Crippen LogP contribution is 2.32. The van der Waals surface area contributed by atoms with Crippen molar-refractivity contribution in [2.24, 2.45) is 0 Å². The Hall–Kier alpha value is -4.67. The molecule has 1 aliphatic carbocycles. The van der Waals surface area contributed by atoms with Crippen LogP contribution in [-0.4, -0.2) is 62.5 Å². The summed E-state index contributed by atoms with van der Waals surface area (Å²) in [6, 6.07) is 11.2. The number of ether oxygens (including phenoxy) is 4. The number of amides is 1. The van der Waals surface area contributed by atoms with Crippen molar-refractivity contribution in [1.29, 1.82) is 0 Å². The van der Waals surface area contributed by atoms with E-state index >= 15 is 0 Å². The quantitative estimate of drug-likeness (QED) is 0.346. The van der Waals surface area contributed by atoms with E-state index < -0.39 is 5.60 Å². The van der Waals surface area contributed by atoms with Gasteiger partial charge in [-0.05, 0) is 69.4 Å². The van der Waals surface area contributed by atoms with E-state index in [2.05, 4.69) is 15.0 Å². The summed E-state index contributed by atoms with van der Waals surface area (Å²) in [4.78, 5) is 41.4. The van der Waals surface area contributed by atoms with Crippen LogP contribution >= 0.6 is 0 Å². The fourth-order valence-corrected chi connectivity index (χ4v) is 5.38. The van der Waals surface area contributed by atoms with Crippen LogP contribution in [0.2, 0.25) is 0 Å². The number of carbonyl (C=O) groups excluding carboxylic acids is 1. The van der Waals surface area contributed by atoms with Gasteiger partial charge in [0, 0.05) is 18.2 Å². The molecule has 1 aliphatic heterocycles. The number of methoxy groups -OCH3 is 1. The first-order chi connectivity index (χ1) is 20.2. The Kier molecular flexibility index (Phi) is 7.17. The largest absolute Gasteiger partial charge is 0.486 e. The lowest BCUT2D eigenvalue weighted by atomic mass is 9.87. The predicted octanol–water partition coefficient (Wildman–Crippen LogP) is 4.25. The molecule has 0 N–H and O–H groups in total. The lowest BCUT2D eigenvalue weighted by Gasteiger charge is -2.36. The number of aromatic nitrogens is 4. The van der Waals surface area contributed by atoms with Crippen molar-refractivity contribution in [3.8, 4) is 23.1 Å². The molecular formula is C31H33N5O6. The van der Waals surface area contributed by atoms with E-state index in [4.69, 9.17) is 18.9 Å². The predicted molar refractivity (Wildman–Crippen MR) is 155 cm³/mol. The Labute approximate surface area is 243 Å². The van der Waals surface area contributed by atoms with Gasteiger partial charge in [-0.15, -0.1) is 0 Å². The van der Waals surface area contributed by atoms with Crippen molar-refractivity contribution >= 4 is 17.3 Å². The summed E-state index contributed by atoms with van der Waals surface area (Å²) in [5.41, 5.74) is 3.72. The summed E-state index contributed by atoms with van der Waals surface area (Å²) in [7, 11) is 1.53. The summed E-state index contributed by atoms with van der Waals surface area (Å²) in [6.07, 6.45) is 4.63. The second kappa shape index (κ2) is 11.0. The van der Waals surface area contributed by atoms with Crippen LogP contribution in [0.5, 0.6) is 17.4 Å². The van der Waals surface area contributed by atoms with Gasteiger partial charge in [-0.25, -0.2) is 9.78 Å². The van der Waals surface area contributed by atoms with Gasteiger partial charge >= 0.3 is 6.09 Å². The minimum atomic E-state index is -0.645. The molecule has 0 saturated heterocycles. The third kappa shape index (κ3) is 5.59. The zero-order chi connectivity index (χ0) is 29.4. The van der Waals surface area contributed by atoms with Gasteiger partial charge in [-0.3, -0.25) is 19.2 Å². The number of fused-ring (bicyclic) bond motifs is 3. The number of benzene rings is 1. The average Bonchev–Trinajstić information content (AvgIpc) is 2.98. The fraction of sp³-hybridized carbons (Fsp3) is 0.387. The van der Waals surface area contributed by atoms with Crippen LogP contribution in [0.15, 0.2) is 53.6 Å². The van der Waals surface area contributed by atoms with Crippen molar-refractivity contribution in [3.05, 3.63) is 76.0 Å². The van der Waals surface area contributed by atoms with Gasteiger partial charge in [0.2, 0.25) is 5.88 Å². The molecule has 6 rings (SSSR count). The molecule has 0 saturated carbocycles. The highest BCUT2D eigenvalue weighted by Gasteiger charge is 2.32. The Bertz CT molecular complexity index is 1710. The maximum Gasteiger partial charge on any atom is 0.410 e. The van der Waals surface area contributed by atoms with Crippen LogP contribution in [0.25, 0.3) is 16.9 Å². The molecule has 4 heterocycles. The first-order valence-electron chi connectivity index (χ1n) is 14.0. The van der Waals surface area contributed by atoms with Gasteiger partial charge in [-0.2, -0.15) is 4.98 Å². The Morgan fingerprint density at radius 2 is 1.86 bits per heavy atom. The molecule has 11 nitrogen and oxygen atoms in total. The molecule has 2 aliphatic rings. The maximum absolute atomic E-state index is 13.5. The minimum absolute atomic E-state index is 0.108. The van der Waals surface area contributed by atoms with Gasteiger partial charge < -0.3 is 18.9 Å². The number of pyridine rings is 2. The molecule has 4 aromatic rings. The molecule has 0 radical (unpaired) electrons. The van der Waals surface area contributed by atoms with Crippen molar-refractivity contribution in [1.82, 2.24) is 24.4 Å². The highest BCUT2D eigenvalue weighted by atomic mass is 16.6. The van der Waals surface area contributed by atoms with E-state index in [1.54, 1.807) is 27.8 Å². The summed E-state index contributed by atoms with van der Waals surface area (Å²) in [5, 5.41) is 0. The summed E-state index contributed by atoms with van der Waals surface area (Å²) in [6.45, 7) is 6.81. The smallest absolute Gasteiger partial charge is 0.410 e. The molecule has 0 bridgehead atoms. The van der Waals surface area contributed by atoms with Crippen molar-refractivity contribution < 1.29 is 23.7 Å². The lowest BCUT2D eigenvalue weighted by Crippen LogP contribution is -2.45. The molecule has 218 valence electrons. The second-order valence-electron chi connectivity index (χ2n) is 11.4. The van der Waals surface area contributed by atoms with Gasteiger partial charge in [0.05, 0.1) is 37.4 Å². The molecule has 1 unspecified atom stereocenters. The first-order valence-corrected chi connectivity index (χ1v) is 14.0. The van der Waals surface area contributed by atoms with Crippen molar-refractivity contribution in [3.63, 3.8) is 0 Å². The average molecular weight is 572 g/mol. The van der Waals surface area contributed by atoms with E-state index in [-0.39, 0.29) is 24.2 Å². The number of aryl methyl sites for hydroxylation is 1. The molecule has 1 aromatic carbocycles. The van der Waals surface area contributed by atoms with Crippen LogP contribution in [0.4, 0.5) is 4.79 Å². The summed E-state index contributed by atoms with van der Waals surface area (Å²) >= 11 is 0. The topological polar surface area (TPSA) is 118 Å². The first kappa shape index (κ1) is 27.5. The van der Waals surface area contributed by atoms with Gasteiger partial charge in [-0.1, -0.05) is 6.07 Å². The second-order valence-corrected chi connectivity index (χ2v) is 11.4. The van der Waals surface area contributed by atoms with Gasteiger partial charge in [0.1, 0.15) is 24.3 Å². The SMILES string of the molecule is COc1ccc2ncc(=O)n(-c3ccc4c(c3)CCC(N(Cc3cc5c(cn3)OCCO5)C(=O)OC(C)(C)C)C4)c2n1. The third-order valence-corrected chi connectivity index (χ3v) is 7.32. The Morgan fingerprint density at radius 1 is 1.05 bits per heavy atom. The van der Waals surface area contributed by atoms with E-state index in [0.29, 0.717) is 59.6 Å². The Balaban J connectivity index is 1.30. The monoisotopic (exact) mass is 571 g/mol. The van der Waals surface area contributed by atoms with Crippen LogP contribution in [0.1, 0.15) is 44.0 Å². The molecule has 11 heteroatoms. The number of hydrogen-bond donors (Lipinski definition) is 0. The van der Waals surface area contributed by atoms with E-state index in [0.717, 1.165) is 24.0 Å². The number of hydrogen-bond acceptors (Lipinski definition) is 9. The van der Waals surface area contributed by atoms with Crippen LogP contribution in [-0.2, 0) is 24.1 Å². The lowest BCUT2D eigenvalue weighted by molar-refractivity contribution is 0.0121. The molecule has 1 atom stereocenters. The molecule has 42 heavy (non-hydrogen) atoms. The van der Waals surface area contributed by atoms with Crippen LogP contribution < -0.4 is 19.8 Å². The highest BCUT2D eigenvalue weighted by molar-refractivity contribution is 5.73. The zero-order valence-electron chi connectivity index (χ0n) is 24.1. The van der Waals surface area contributed by atoms with Crippen LogP contribution in [0, 0.1) is 0 Å². The third-order valence-electron chi connectivity index (χ3n) is 7.32. The number of nitrogens with zero attached hydrogens (tertiary/aromatic N) is 5. The maximum atomic E-state index is 13.5. The zero-order valence-corrected chi connectivity index (χ0v) is 24.1. The van der Waals surface area contributed by atoms with Crippen LogP contribution in [0.3, 0.4) is 0 Å². The normalized spacial score (nSPS) is 16.0. The minimum Gasteiger partial charge on any atom is -0.486 e. The molecular weight excluding hydrogens is 538 g/mol. The standard InChI is InChI=1S/C31H33N5O6/c1-31(2,3)42-30(38)35(18-21-15-25-26(16-32-21)41-12-11-40-25)22-7-5-20-14-23(8-6-19(20)13-22)36-28(37)17-33-24-9-10-27(39-4)34-29(24)36/h6,8-10,14-17,22H,5,7,11-13,18H2,1-4H3. The van der Waals surface area contributed by atoms with Crippen molar-refractivity contribution in [2.45, 2.75) is 58.2 Å². The summed E-state index contributed by atoms with van der Waals surface area (Å²) < 4.78 is 24.0.